The molecule has 2 N–H and O–H groups in total. The molecule has 1 aromatic carbocycles. The molecule has 0 aromatic heterocycles. The number of carboxylic acid groups (broad SMARTS) is 1. The molecule has 2 atom stereocenters. The average Bonchev–Trinajstić information content (AvgIpc) is 3.04. The van der Waals surface area contributed by atoms with E-state index in [0.29, 0.717) is 6.54 Å². The number of likely N-dealkylation sites (tertiary alicyclic amines) is 1. The molecule has 2 aliphatic rings. The van der Waals surface area contributed by atoms with E-state index in [0.717, 1.165) is 36.1 Å². The molecular weight excluding hydrogens is 361 g/mol. The number of aliphatic carboxylic acids is 1. The third-order valence-electron chi connectivity index (χ3n) is 5.80. The largest absolute Gasteiger partial charge is 0.481 e. The zero-order valence-corrected chi connectivity index (χ0v) is 14.8. The smallest absolute Gasteiger partial charge is 0.394 e. The molecule has 1 aliphatic heterocycles. The first-order valence-corrected chi connectivity index (χ1v) is 9.06. The number of hydrogen-bond acceptors (Lipinski definition) is 2. The molecule has 1 saturated heterocycles. The van der Waals surface area contributed by atoms with Gasteiger partial charge in [0.1, 0.15) is 0 Å². The fourth-order valence-electron chi connectivity index (χ4n) is 4.05. The normalized spacial score (nSPS) is 24.3. The van der Waals surface area contributed by atoms with Crippen LogP contribution in [0.25, 0.3) is 0 Å². The number of rotatable bonds is 5. The Kier molecular flexibility index (Phi) is 5.35. The van der Waals surface area contributed by atoms with Crippen molar-refractivity contribution in [1.82, 2.24) is 10.2 Å². The second-order valence-corrected chi connectivity index (χ2v) is 7.67. The highest BCUT2D eigenvalue weighted by Gasteiger charge is 2.53. The van der Waals surface area contributed by atoms with E-state index < -0.39 is 43.1 Å². The van der Waals surface area contributed by atoms with Crippen LogP contribution < -0.4 is 5.32 Å². The Bertz CT molecular complexity index is 689. The molecule has 1 aromatic rings. The first-order valence-electron chi connectivity index (χ1n) is 9.06. The summed E-state index contributed by atoms with van der Waals surface area (Å²) < 4.78 is 39.2. The lowest BCUT2D eigenvalue weighted by atomic mass is 9.65. The van der Waals surface area contributed by atoms with Crippen LogP contribution in [0.5, 0.6) is 0 Å². The van der Waals surface area contributed by atoms with Gasteiger partial charge in [0.25, 0.3) is 0 Å². The number of nitrogens with one attached hydrogen (secondary N) is 1. The molecule has 2 fully saturated rings. The fraction of sp³-hybridized carbons (Fsp3) is 0.579. The van der Waals surface area contributed by atoms with Crippen LogP contribution in [0.3, 0.4) is 0 Å². The molecule has 27 heavy (non-hydrogen) atoms. The third kappa shape index (κ3) is 4.36. The first-order chi connectivity index (χ1) is 12.7. The summed E-state index contributed by atoms with van der Waals surface area (Å²) in [6, 6.07) is 9.26. The molecule has 0 bridgehead atoms. The van der Waals surface area contributed by atoms with Crippen LogP contribution in [0.1, 0.15) is 24.8 Å². The van der Waals surface area contributed by atoms with Gasteiger partial charge in [-0.25, -0.2) is 4.79 Å². The minimum Gasteiger partial charge on any atom is -0.481 e. The van der Waals surface area contributed by atoms with Crippen LogP contribution >= 0.6 is 0 Å². The van der Waals surface area contributed by atoms with Crippen LogP contribution in [-0.2, 0) is 11.2 Å². The van der Waals surface area contributed by atoms with E-state index in [1.54, 1.807) is 0 Å². The second-order valence-electron chi connectivity index (χ2n) is 7.67. The Morgan fingerprint density at radius 2 is 1.85 bits per heavy atom. The summed E-state index contributed by atoms with van der Waals surface area (Å²) >= 11 is 0. The molecule has 148 valence electrons. The van der Waals surface area contributed by atoms with Crippen LogP contribution in [0.2, 0.25) is 0 Å². The molecule has 0 radical (unpaired) electrons. The van der Waals surface area contributed by atoms with Crippen molar-refractivity contribution >= 4 is 12.0 Å². The zero-order chi connectivity index (χ0) is 19.7. The third-order valence-corrected chi connectivity index (χ3v) is 5.80. The maximum atomic E-state index is 13.1. The Balaban J connectivity index is 1.59. The number of alkyl halides is 3. The highest BCUT2D eigenvalue weighted by molar-refractivity contribution is 5.77. The van der Waals surface area contributed by atoms with Gasteiger partial charge < -0.3 is 15.3 Å². The Labute approximate surface area is 155 Å². The second kappa shape index (κ2) is 7.40. The monoisotopic (exact) mass is 384 g/mol. The number of amides is 2. The van der Waals surface area contributed by atoms with E-state index in [9.17, 15) is 22.8 Å². The predicted molar refractivity (Wildman–Crippen MR) is 92.1 cm³/mol. The Morgan fingerprint density at radius 3 is 2.33 bits per heavy atom. The quantitative estimate of drug-likeness (QED) is 0.818. The van der Waals surface area contributed by atoms with Gasteiger partial charge in [0.15, 0.2) is 0 Å². The van der Waals surface area contributed by atoms with E-state index in [-0.39, 0.29) is 5.41 Å². The van der Waals surface area contributed by atoms with E-state index >= 15 is 0 Å². The summed E-state index contributed by atoms with van der Waals surface area (Å²) in [6.07, 6.45) is -0.877. The fourth-order valence-corrected chi connectivity index (χ4v) is 4.05. The van der Waals surface area contributed by atoms with Crippen molar-refractivity contribution in [2.75, 3.05) is 19.6 Å². The number of carbonyl (C=O) groups is 2. The summed E-state index contributed by atoms with van der Waals surface area (Å²) in [4.78, 5) is 24.5. The molecular formula is C19H23F3N2O3. The molecule has 0 spiro atoms. The molecule has 8 heteroatoms. The summed E-state index contributed by atoms with van der Waals surface area (Å²) in [7, 11) is 0. The van der Waals surface area contributed by atoms with Crippen molar-refractivity contribution in [2.24, 2.45) is 17.3 Å². The Hall–Kier alpha value is -2.25. The maximum absolute atomic E-state index is 13.1. The van der Waals surface area contributed by atoms with Crippen molar-refractivity contribution in [1.29, 1.82) is 0 Å². The van der Waals surface area contributed by atoms with Crippen molar-refractivity contribution < 1.29 is 27.9 Å². The predicted octanol–water partition coefficient (Wildman–Crippen LogP) is 3.30. The Morgan fingerprint density at radius 1 is 1.19 bits per heavy atom. The number of urea groups is 1. The molecule has 3 rings (SSSR count). The van der Waals surface area contributed by atoms with E-state index in [4.69, 9.17) is 5.11 Å². The van der Waals surface area contributed by atoms with Gasteiger partial charge in [-0.15, -0.1) is 0 Å². The summed E-state index contributed by atoms with van der Waals surface area (Å²) in [5, 5.41) is 11.8. The van der Waals surface area contributed by atoms with Gasteiger partial charge in [-0.1, -0.05) is 36.8 Å². The van der Waals surface area contributed by atoms with Crippen LogP contribution in [-0.4, -0.2) is 47.8 Å². The molecule has 1 saturated carbocycles. The van der Waals surface area contributed by atoms with E-state index in [1.165, 1.54) is 0 Å². The number of carboxylic acids is 1. The number of hydrogen-bond donors (Lipinski definition) is 2. The summed E-state index contributed by atoms with van der Waals surface area (Å²) in [6.45, 7) is -0.652. The molecule has 1 heterocycles. The molecule has 2 amide bonds. The summed E-state index contributed by atoms with van der Waals surface area (Å²) in [5.74, 6) is -5.16. The number of halogens is 3. The van der Waals surface area contributed by atoms with E-state index in [1.807, 2.05) is 30.3 Å². The minimum atomic E-state index is -4.64. The molecule has 0 unspecified atom stereocenters. The van der Waals surface area contributed by atoms with Crippen LogP contribution in [0, 0.1) is 17.3 Å². The topological polar surface area (TPSA) is 69.6 Å². The van der Waals surface area contributed by atoms with Gasteiger partial charge in [0.2, 0.25) is 0 Å². The first kappa shape index (κ1) is 19.5. The van der Waals surface area contributed by atoms with Crippen molar-refractivity contribution in [3.05, 3.63) is 35.9 Å². The van der Waals surface area contributed by atoms with Crippen molar-refractivity contribution in [2.45, 2.75) is 31.9 Å². The van der Waals surface area contributed by atoms with Crippen LogP contribution in [0.4, 0.5) is 18.0 Å². The van der Waals surface area contributed by atoms with Gasteiger partial charge in [-0.3, -0.25) is 4.79 Å². The lowest BCUT2D eigenvalue weighted by Gasteiger charge is -2.42. The van der Waals surface area contributed by atoms with Crippen molar-refractivity contribution in [3.63, 3.8) is 0 Å². The highest BCUT2D eigenvalue weighted by atomic mass is 19.4. The summed E-state index contributed by atoms with van der Waals surface area (Å²) in [5.41, 5.74) is 1.09. The minimum absolute atomic E-state index is 0.0770. The van der Waals surface area contributed by atoms with E-state index in [2.05, 4.69) is 5.32 Å². The van der Waals surface area contributed by atoms with Gasteiger partial charge in [0.05, 0.1) is 11.8 Å². The zero-order valence-electron chi connectivity index (χ0n) is 14.8. The lowest BCUT2D eigenvalue weighted by Crippen LogP contribution is -2.47. The number of benzene rings is 1. The van der Waals surface area contributed by atoms with Gasteiger partial charge in [-0.05, 0) is 30.2 Å². The molecule has 1 aliphatic carbocycles. The van der Waals surface area contributed by atoms with Gasteiger partial charge in [-0.2, -0.15) is 13.2 Å². The number of nitrogens with zero attached hydrogens (tertiary/aromatic N) is 1. The highest BCUT2D eigenvalue weighted by Crippen LogP contribution is 2.43. The molecule has 5 nitrogen and oxygen atoms in total. The standard InChI is InChI=1S/C19H23F3N2O3/c20-19(21,22)15-11-24(10-14(15)16(25)26)17(27)23-12-18(7-4-8-18)9-13-5-2-1-3-6-13/h1-3,5-6,14-15H,4,7-12H2,(H,23,27)(H,25,26)/t14-,15-/m1/s1. The number of carbonyl (C=O) groups excluding carboxylic acids is 1. The van der Waals surface area contributed by atoms with Crippen molar-refractivity contribution in [3.8, 4) is 0 Å². The SMILES string of the molecule is O=C(O)[C@@H]1CN(C(=O)NCC2(Cc3ccccc3)CCC2)C[C@H]1C(F)(F)F. The van der Waals surface area contributed by atoms with Gasteiger partial charge >= 0.3 is 18.2 Å². The van der Waals surface area contributed by atoms with Gasteiger partial charge in [0, 0.05) is 19.6 Å². The maximum Gasteiger partial charge on any atom is 0.394 e. The average molecular weight is 384 g/mol. The van der Waals surface area contributed by atoms with Crippen LogP contribution in [0.15, 0.2) is 30.3 Å². The lowest BCUT2D eigenvalue weighted by molar-refractivity contribution is -0.187.